The van der Waals surface area contributed by atoms with Crippen LogP contribution in [0.1, 0.15) is 22.2 Å². The highest BCUT2D eigenvalue weighted by Gasteiger charge is 2.24. The van der Waals surface area contributed by atoms with Crippen molar-refractivity contribution >= 4 is 19.2 Å². The monoisotopic (exact) mass is 266 g/mol. The third kappa shape index (κ3) is 2.80. The van der Waals surface area contributed by atoms with Gasteiger partial charge in [-0.25, -0.2) is 4.79 Å². The lowest BCUT2D eigenvalue weighted by Gasteiger charge is -2.20. The second kappa shape index (κ2) is 4.83. The Hall–Kier alpha value is -1.17. The molecule has 1 N–H and O–H groups in total. The first-order chi connectivity index (χ1) is 8.38. The molecule has 0 aliphatic carbocycles. The van der Waals surface area contributed by atoms with Gasteiger partial charge >= 0.3 is 5.97 Å². The van der Waals surface area contributed by atoms with Crippen LogP contribution < -0.4 is 5.19 Å². The summed E-state index contributed by atoms with van der Waals surface area (Å²) in [7, 11) is -1.57. The summed E-state index contributed by atoms with van der Waals surface area (Å²) in [5.41, 5.74) is 1.12. The predicted octanol–water partition coefficient (Wildman–Crippen LogP) is 1.98. The molecule has 1 saturated heterocycles. The summed E-state index contributed by atoms with van der Waals surface area (Å²) in [6, 6.07) is 5.43. The third-order valence-electron chi connectivity index (χ3n) is 2.96. The fraction of sp³-hybridized carbons (Fsp3) is 0.462. The zero-order chi connectivity index (χ0) is 13.3. The minimum absolute atomic E-state index is 0.309. The average molecular weight is 266 g/mol. The van der Waals surface area contributed by atoms with Gasteiger partial charge < -0.3 is 14.6 Å². The molecule has 1 fully saturated rings. The molecule has 1 aromatic carbocycles. The van der Waals surface area contributed by atoms with Crippen molar-refractivity contribution in [2.75, 3.05) is 13.2 Å². The molecule has 0 saturated carbocycles. The van der Waals surface area contributed by atoms with Gasteiger partial charge in [-0.15, -0.1) is 0 Å². The zero-order valence-corrected chi connectivity index (χ0v) is 11.9. The van der Waals surface area contributed by atoms with E-state index < -0.39 is 20.3 Å². The molecule has 0 amide bonds. The Bertz CT molecular complexity index is 459. The fourth-order valence-electron chi connectivity index (χ4n) is 1.90. The molecule has 1 aliphatic rings. The number of hydrogen-bond acceptors (Lipinski definition) is 3. The van der Waals surface area contributed by atoms with E-state index in [0.29, 0.717) is 18.8 Å². The number of hydrogen-bond donors (Lipinski definition) is 1. The van der Waals surface area contributed by atoms with Gasteiger partial charge in [-0.1, -0.05) is 30.9 Å². The van der Waals surface area contributed by atoms with Crippen molar-refractivity contribution in [3.8, 4) is 0 Å². The summed E-state index contributed by atoms with van der Waals surface area (Å²) < 4.78 is 10.9. The van der Waals surface area contributed by atoms with Gasteiger partial charge in [0, 0.05) is 5.56 Å². The highest BCUT2D eigenvalue weighted by molar-refractivity contribution is 6.88. The molecule has 0 unspecified atom stereocenters. The van der Waals surface area contributed by atoms with Crippen molar-refractivity contribution < 1.29 is 19.4 Å². The Morgan fingerprint density at radius 1 is 1.22 bits per heavy atom. The van der Waals surface area contributed by atoms with E-state index in [2.05, 4.69) is 19.6 Å². The van der Waals surface area contributed by atoms with Crippen LogP contribution in [0.5, 0.6) is 0 Å². The molecular weight excluding hydrogens is 248 g/mol. The maximum atomic E-state index is 11.2. The van der Waals surface area contributed by atoms with E-state index >= 15 is 0 Å². The molecule has 0 bridgehead atoms. The molecule has 2 rings (SSSR count). The molecule has 0 radical (unpaired) electrons. The maximum Gasteiger partial charge on any atom is 0.335 e. The lowest BCUT2D eigenvalue weighted by atomic mass is 10.1. The van der Waals surface area contributed by atoms with Crippen LogP contribution in [0.4, 0.5) is 0 Å². The smallest absolute Gasteiger partial charge is 0.335 e. The molecule has 4 nitrogen and oxygen atoms in total. The Balaban J connectivity index is 2.45. The van der Waals surface area contributed by atoms with Gasteiger partial charge in [-0.3, -0.25) is 0 Å². The first-order valence-corrected chi connectivity index (χ1v) is 9.50. The maximum absolute atomic E-state index is 11.2. The van der Waals surface area contributed by atoms with Crippen LogP contribution in [0.25, 0.3) is 0 Å². The van der Waals surface area contributed by atoms with Crippen LogP contribution in [0, 0.1) is 0 Å². The van der Waals surface area contributed by atoms with Crippen LogP contribution in [-0.2, 0) is 9.47 Å². The first kappa shape index (κ1) is 13.3. The van der Waals surface area contributed by atoms with E-state index in [1.807, 2.05) is 6.07 Å². The molecule has 0 spiro atoms. The van der Waals surface area contributed by atoms with Gasteiger partial charge in [0.25, 0.3) is 0 Å². The van der Waals surface area contributed by atoms with Gasteiger partial charge in [-0.2, -0.15) is 0 Å². The van der Waals surface area contributed by atoms with Gasteiger partial charge in [-0.05, 0) is 12.1 Å². The average Bonchev–Trinajstić information content (AvgIpc) is 2.80. The normalized spacial score (nSPS) is 17.1. The van der Waals surface area contributed by atoms with Crippen LogP contribution >= 0.6 is 0 Å². The van der Waals surface area contributed by atoms with Crippen molar-refractivity contribution in [1.82, 2.24) is 0 Å². The summed E-state index contributed by atoms with van der Waals surface area (Å²) in [5.74, 6) is -0.908. The van der Waals surface area contributed by atoms with Crippen LogP contribution in [-0.4, -0.2) is 32.4 Å². The van der Waals surface area contributed by atoms with Crippen molar-refractivity contribution in [3.05, 3.63) is 29.3 Å². The Morgan fingerprint density at radius 3 is 2.33 bits per heavy atom. The number of ether oxygens (including phenoxy) is 2. The summed E-state index contributed by atoms with van der Waals surface area (Å²) in [6.07, 6.45) is -0.417. The van der Waals surface area contributed by atoms with Gasteiger partial charge in [0.2, 0.25) is 0 Å². The minimum Gasteiger partial charge on any atom is -0.478 e. The topological polar surface area (TPSA) is 55.8 Å². The Labute approximate surface area is 108 Å². The Morgan fingerprint density at radius 2 is 1.83 bits per heavy atom. The molecule has 1 aliphatic heterocycles. The molecule has 1 aromatic rings. The van der Waals surface area contributed by atoms with E-state index in [9.17, 15) is 9.90 Å². The summed E-state index contributed by atoms with van der Waals surface area (Å²) in [4.78, 5) is 11.2. The molecule has 1 heterocycles. The zero-order valence-electron chi connectivity index (χ0n) is 10.9. The van der Waals surface area contributed by atoms with Crippen molar-refractivity contribution in [3.63, 3.8) is 0 Å². The number of carbonyl (C=O) groups is 1. The highest BCUT2D eigenvalue weighted by atomic mass is 28.3. The number of carboxylic acids is 1. The molecule has 0 atom stereocenters. The highest BCUT2D eigenvalue weighted by Crippen LogP contribution is 2.24. The van der Waals surface area contributed by atoms with Crippen LogP contribution in [0.15, 0.2) is 18.2 Å². The van der Waals surface area contributed by atoms with Crippen molar-refractivity contribution in [2.45, 2.75) is 25.9 Å². The van der Waals surface area contributed by atoms with Crippen LogP contribution in [0.3, 0.4) is 0 Å². The van der Waals surface area contributed by atoms with E-state index in [0.717, 1.165) is 10.8 Å². The molecule has 18 heavy (non-hydrogen) atoms. The number of benzene rings is 1. The van der Waals surface area contributed by atoms with Gasteiger partial charge in [0.15, 0.2) is 6.29 Å². The summed E-state index contributed by atoms with van der Waals surface area (Å²) >= 11 is 0. The van der Waals surface area contributed by atoms with Gasteiger partial charge in [0.1, 0.15) is 0 Å². The van der Waals surface area contributed by atoms with E-state index in [1.54, 1.807) is 12.1 Å². The van der Waals surface area contributed by atoms with E-state index in [4.69, 9.17) is 9.47 Å². The molecule has 0 aromatic heterocycles. The lowest BCUT2D eigenvalue weighted by molar-refractivity contribution is -0.0440. The van der Waals surface area contributed by atoms with Crippen LogP contribution in [0.2, 0.25) is 19.6 Å². The number of carboxylic acid groups (broad SMARTS) is 1. The SMILES string of the molecule is C[Si](C)(C)c1cc(C(=O)O)cc(C2OCCO2)c1. The van der Waals surface area contributed by atoms with Crippen molar-refractivity contribution in [2.24, 2.45) is 0 Å². The number of aromatic carboxylic acids is 1. The predicted molar refractivity (Wildman–Crippen MR) is 71.0 cm³/mol. The standard InChI is InChI=1S/C13H18O4Si/c1-18(2,3)11-7-9(12(14)15)6-10(8-11)13-16-4-5-17-13/h6-8,13H,4-5H2,1-3H3,(H,14,15). The second-order valence-corrected chi connectivity index (χ2v) is 10.5. The minimum atomic E-state index is -1.57. The summed E-state index contributed by atoms with van der Waals surface area (Å²) in [6.45, 7) is 7.69. The number of rotatable bonds is 3. The third-order valence-corrected chi connectivity index (χ3v) is 4.98. The van der Waals surface area contributed by atoms with E-state index in [-0.39, 0.29) is 0 Å². The fourth-order valence-corrected chi connectivity index (χ4v) is 3.08. The second-order valence-electron chi connectivity index (χ2n) is 5.47. The lowest BCUT2D eigenvalue weighted by Crippen LogP contribution is -2.38. The molecular formula is C13H18O4Si. The molecule has 5 heteroatoms. The largest absolute Gasteiger partial charge is 0.478 e. The van der Waals surface area contributed by atoms with Gasteiger partial charge in [0.05, 0.1) is 26.9 Å². The van der Waals surface area contributed by atoms with E-state index in [1.165, 1.54) is 0 Å². The Kier molecular flexibility index (Phi) is 3.56. The molecule has 98 valence electrons. The quantitative estimate of drug-likeness (QED) is 0.850. The first-order valence-electron chi connectivity index (χ1n) is 6.00. The van der Waals surface area contributed by atoms with Crippen molar-refractivity contribution in [1.29, 1.82) is 0 Å². The summed E-state index contributed by atoms with van der Waals surface area (Å²) in [5, 5.41) is 10.3.